The summed E-state index contributed by atoms with van der Waals surface area (Å²) in [5.74, 6) is 0. The number of nitrogens with zero attached hydrogens (tertiary/aromatic N) is 1. The summed E-state index contributed by atoms with van der Waals surface area (Å²) in [5, 5.41) is 3.87. The highest BCUT2D eigenvalue weighted by molar-refractivity contribution is 5.71. The molecule has 4 nitrogen and oxygen atoms in total. The van der Waals surface area contributed by atoms with Crippen molar-refractivity contribution in [1.82, 2.24) is 5.43 Å². The maximum Gasteiger partial charge on any atom is 0.0802 e. The van der Waals surface area contributed by atoms with Crippen LogP contribution in [0.4, 0.5) is 0 Å². The standard InChI is InChI=1S/C9H15N3O/c1-13-9-5-8-12-11-7-4-2-3-6-10/h2-7,9,12H,8,10H2,1H3/b4-2?,6-3?,9-5+,11-7?. The minimum Gasteiger partial charge on any atom is -0.505 e. The lowest BCUT2D eigenvalue weighted by atomic mass is 10.5. The molecular formula is C9H15N3O. The maximum atomic E-state index is 5.11. The molecule has 0 aromatic rings. The van der Waals surface area contributed by atoms with Crippen LogP contribution < -0.4 is 11.2 Å². The Bertz CT molecular complexity index is 207. The van der Waals surface area contributed by atoms with Crippen LogP contribution in [-0.4, -0.2) is 19.9 Å². The Morgan fingerprint density at radius 3 is 2.92 bits per heavy atom. The summed E-state index contributed by atoms with van der Waals surface area (Å²) in [6, 6.07) is 0. The molecule has 0 fully saturated rings. The number of hydrogen-bond acceptors (Lipinski definition) is 4. The molecule has 0 rings (SSSR count). The van der Waals surface area contributed by atoms with Crippen molar-refractivity contribution in [2.24, 2.45) is 10.8 Å². The van der Waals surface area contributed by atoms with Gasteiger partial charge < -0.3 is 15.9 Å². The first kappa shape index (κ1) is 11.3. The molecule has 0 aliphatic carbocycles. The first-order chi connectivity index (χ1) is 6.41. The normalized spacial score (nSPS) is 12.4. The van der Waals surface area contributed by atoms with E-state index in [0.717, 1.165) is 0 Å². The van der Waals surface area contributed by atoms with E-state index in [9.17, 15) is 0 Å². The highest BCUT2D eigenvalue weighted by Crippen LogP contribution is 1.72. The maximum absolute atomic E-state index is 5.11. The second kappa shape index (κ2) is 10.3. The summed E-state index contributed by atoms with van der Waals surface area (Å²) in [6.45, 7) is 0.644. The van der Waals surface area contributed by atoms with Gasteiger partial charge in [0.15, 0.2) is 0 Å². The summed E-state index contributed by atoms with van der Waals surface area (Å²) >= 11 is 0. The minimum absolute atomic E-state index is 0.644. The van der Waals surface area contributed by atoms with Crippen molar-refractivity contribution in [3.05, 3.63) is 36.8 Å². The van der Waals surface area contributed by atoms with Crippen molar-refractivity contribution >= 4 is 6.21 Å². The van der Waals surface area contributed by atoms with Crippen molar-refractivity contribution in [2.45, 2.75) is 0 Å². The number of methoxy groups -OCH3 is 1. The van der Waals surface area contributed by atoms with Crippen molar-refractivity contribution in [3.8, 4) is 0 Å². The quantitative estimate of drug-likeness (QED) is 0.209. The van der Waals surface area contributed by atoms with Gasteiger partial charge in [-0.3, -0.25) is 0 Å². The number of ether oxygens (including phenoxy) is 1. The molecule has 0 saturated heterocycles. The monoisotopic (exact) mass is 181 g/mol. The molecule has 0 amide bonds. The molecule has 0 aliphatic heterocycles. The largest absolute Gasteiger partial charge is 0.505 e. The first-order valence-electron chi connectivity index (χ1n) is 3.89. The fraction of sp³-hybridized carbons (Fsp3) is 0.222. The number of rotatable bonds is 6. The lowest BCUT2D eigenvalue weighted by molar-refractivity contribution is 0.336. The van der Waals surface area contributed by atoms with Crippen LogP contribution in [-0.2, 0) is 4.74 Å². The van der Waals surface area contributed by atoms with Gasteiger partial charge in [-0.25, -0.2) is 0 Å². The smallest absolute Gasteiger partial charge is 0.0802 e. The Kier molecular flexibility index (Phi) is 8.94. The Morgan fingerprint density at radius 2 is 2.23 bits per heavy atom. The summed E-state index contributed by atoms with van der Waals surface area (Å²) in [7, 11) is 1.60. The molecule has 0 unspecified atom stereocenters. The van der Waals surface area contributed by atoms with E-state index in [1.165, 1.54) is 6.20 Å². The zero-order valence-corrected chi connectivity index (χ0v) is 7.68. The van der Waals surface area contributed by atoms with Gasteiger partial charge in [-0.05, 0) is 24.4 Å². The van der Waals surface area contributed by atoms with Gasteiger partial charge in [-0.1, -0.05) is 6.08 Å². The Morgan fingerprint density at radius 1 is 1.38 bits per heavy atom. The molecule has 0 atom stereocenters. The van der Waals surface area contributed by atoms with Gasteiger partial charge >= 0.3 is 0 Å². The summed E-state index contributed by atoms with van der Waals surface area (Å²) in [6.07, 6.45) is 11.8. The zero-order valence-electron chi connectivity index (χ0n) is 7.68. The molecule has 0 aromatic carbocycles. The number of nitrogens with one attached hydrogen (secondary N) is 1. The fourth-order valence-corrected chi connectivity index (χ4v) is 0.523. The van der Waals surface area contributed by atoms with Gasteiger partial charge in [0.05, 0.1) is 19.9 Å². The van der Waals surface area contributed by atoms with E-state index in [0.29, 0.717) is 6.54 Å². The van der Waals surface area contributed by atoms with Crippen molar-refractivity contribution < 1.29 is 4.74 Å². The molecule has 4 heteroatoms. The average Bonchev–Trinajstić information content (AvgIpc) is 2.16. The predicted octanol–water partition coefficient (Wildman–Crippen LogP) is 0.751. The average molecular weight is 181 g/mol. The van der Waals surface area contributed by atoms with E-state index in [1.54, 1.807) is 37.8 Å². The van der Waals surface area contributed by atoms with Gasteiger partial charge in [0, 0.05) is 6.21 Å². The van der Waals surface area contributed by atoms with Crippen LogP contribution in [0.15, 0.2) is 41.9 Å². The van der Waals surface area contributed by atoms with Crippen LogP contribution in [0.5, 0.6) is 0 Å². The zero-order chi connectivity index (χ0) is 9.78. The number of allylic oxidation sites excluding steroid dienone is 3. The number of hydrazone groups is 1. The third kappa shape index (κ3) is 10.3. The van der Waals surface area contributed by atoms with E-state index in [1.807, 2.05) is 6.08 Å². The third-order valence-electron chi connectivity index (χ3n) is 1.03. The molecular weight excluding hydrogens is 166 g/mol. The second-order valence-electron chi connectivity index (χ2n) is 2.02. The van der Waals surface area contributed by atoms with Gasteiger partial charge in [-0.2, -0.15) is 5.10 Å². The van der Waals surface area contributed by atoms with E-state index < -0.39 is 0 Å². The van der Waals surface area contributed by atoms with Crippen molar-refractivity contribution in [1.29, 1.82) is 0 Å². The number of nitrogens with two attached hydrogens (primary N) is 1. The highest BCUT2D eigenvalue weighted by atomic mass is 16.5. The third-order valence-corrected chi connectivity index (χ3v) is 1.03. The molecule has 0 bridgehead atoms. The van der Waals surface area contributed by atoms with E-state index in [-0.39, 0.29) is 0 Å². The van der Waals surface area contributed by atoms with Crippen LogP contribution in [0.1, 0.15) is 0 Å². The van der Waals surface area contributed by atoms with Gasteiger partial charge in [-0.15, -0.1) is 0 Å². The summed E-state index contributed by atoms with van der Waals surface area (Å²) in [5.41, 5.74) is 7.90. The summed E-state index contributed by atoms with van der Waals surface area (Å²) < 4.78 is 4.69. The fourth-order valence-electron chi connectivity index (χ4n) is 0.523. The van der Waals surface area contributed by atoms with Crippen molar-refractivity contribution in [3.63, 3.8) is 0 Å². The lowest BCUT2D eigenvalue weighted by Crippen LogP contribution is -2.03. The Hall–Kier alpha value is -1.71. The molecule has 0 aromatic heterocycles. The Labute approximate surface area is 78.5 Å². The molecule has 0 heterocycles. The summed E-state index contributed by atoms with van der Waals surface area (Å²) in [4.78, 5) is 0. The highest BCUT2D eigenvalue weighted by Gasteiger charge is 1.70. The molecule has 0 aliphatic rings. The Balaban J connectivity index is 3.36. The van der Waals surface area contributed by atoms with E-state index in [4.69, 9.17) is 10.5 Å². The first-order valence-corrected chi connectivity index (χ1v) is 3.89. The predicted molar refractivity (Wildman–Crippen MR) is 55.1 cm³/mol. The van der Waals surface area contributed by atoms with Crippen LogP contribution >= 0.6 is 0 Å². The second-order valence-corrected chi connectivity index (χ2v) is 2.02. The number of hydrogen-bond donors (Lipinski definition) is 2. The van der Waals surface area contributed by atoms with Gasteiger partial charge in [0.2, 0.25) is 0 Å². The molecule has 72 valence electrons. The molecule has 3 N–H and O–H groups in total. The molecule has 13 heavy (non-hydrogen) atoms. The topological polar surface area (TPSA) is 59.6 Å². The molecule has 0 radical (unpaired) electrons. The van der Waals surface area contributed by atoms with E-state index >= 15 is 0 Å². The van der Waals surface area contributed by atoms with Crippen LogP contribution in [0.2, 0.25) is 0 Å². The van der Waals surface area contributed by atoms with Crippen LogP contribution in [0.3, 0.4) is 0 Å². The molecule has 0 saturated carbocycles. The van der Waals surface area contributed by atoms with Crippen molar-refractivity contribution in [2.75, 3.05) is 13.7 Å². The van der Waals surface area contributed by atoms with Crippen LogP contribution in [0.25, 0.3) is 0 Å². The SMILES string of the molecule is CO/C=C/CNN=CC=CC=CN. The van der Waals surface area contributed by atoms with Gasteiger partial charge in [0.1, 0.15) is 0 Å². The van der Waals surface area contributed by atoms with Crippen LogP contribution in [0, 0.1) is 0 Å². The van der Waals surface area contributed by atoms with Gasteiger partial charge in [0.25, 0.3) is 0 Å². The lowest BCUT2D eigenvalue weighted by Gasteiger charge is -1.90. The van der Waals surface area contributed by atoms with E-state index in [2.05, 4.69) is 10.5 Å². The molecule has 0 spiro atoms. The minimum atomic E-state index is 0.644.